The van der Waals surface area contributed by atoms with Gasteiger partial charge in [0.1, 0.15) is 0 Å². The van der Waals surface area contributed by atoms with Crippen LogP contribution < -0.4 is 19.5 Å². The molecule has 0 aliphatic rings. The van der Waals surface area contributed by atoms with Crippen LogP contribution in [0.3, 0.4) is 0 Å². The number of amides is 1. The minimum absolute atomic E-state index is 0.0487. The topological polar surface area (TPSA) is 60.0 Å². The Bertz CT molecular complexity index is 751. The Hall–Kier alpha value is -2.73. The monoisotopic (exact) mass is 400 g/mol. The molecule has 0 radical (unpaired) electrons. The van der Waals surface area contributed by atoms with Crippen molar-refractivity contribution in [2.75, 3.05) is 41.0 Å². The van der Waals surface area contributed by atoms with E-state index in [1.165, 1.54) is 5.56 Å². The predicted octanol–water partition coefficient (Wildman–Crippen LogP) is 3.45. The minimum Gasteiger partial charge on any atom is -0.493 e. The molecule has 29 heavy (non-hydrogen) atoms. The highest BCUT2D eigenvalue weighted by molar-refractivity contribution is 5.79. The van der Waals surface area contributed by atoms with E-state index in [2.05, 4.69) is 36.2 Å². The standard InChI is InChI=1S/C23H32N2O4/c1-6-25(7-2)19(18-11-9-8-10-12-18)16-24-22(26)15-17-13-20(27-3)23(29-5)21(14-17)28-4/h8-14,19H,6-7,15-16H2,1-5H3,(H,24,26). The van der Waals surface area contributed by atoms with Gasteiger partial charge in [0.15, 0.2) is 11.5 Å². The SMILES string of the molecule is CCN(CC)C(CNC(=O)Cc1cc(OC)c(OC)c(OC)c1)c1ccccc1. The number of hydrogen-bond donors (Lipinski definition) is 1. The summed E-state index contributed by atoms with van der Waals surface area (Å²) in [6, 6.07) is 14.0. The van der Waals surface area contributed by atoms with E-state index in [0.717, 1.165) is 18.7 Å². The molecule has 0 aliphatic carbocycles. The summed E-state index contributed by atoms with van der Waals surface area (Å²) in [6.45, 7) is 6.65. The lowest BCUT2D eigenvalue weighted by molar-refractivity contribution is -0.120. The van der Waals surface area contributed by atoms with E-state index in [-0.39, 0.29) is 18.4 Å². The molecule has 0 fully saturated rings. The minimum atomic E-state index is -0.0487. The third-order valence-corrected chi connectivity index (χ3v) is 5.02. The van der Waals surface area contributed by atoms with Crippen LogP contribution in [0.2, 0.25) is 0 Å². The Kier molecular flexibility index (Phi) is 8.80. The molecule has 158 valence electrons. The largest absolute Gasteiger partial charge is 0.493 e. The lowest BCUT2D eigenvalue weighted by atomic mass is 10.0. The van der Waals surface area contributed by atoms with Crippen molar-refractivity contribution in [2.24, 2.45) is 0 Å². The van der Waals surface area contributed by atoms with Gasteiger partial charge >= 0.3 is 0 Å². The van der Waals surface area contributed by atoms with Crippen LogP contribution in [0.4, 0.5) is 0 Å². The number of ether oxygens (including phenoxy) is 3. The highest BCUT2D eigenvalue weighted by atomic mass is 16.5. The van der Waals surface area contributed by atoms with Gasteiger partial charge in [0.05, 0.1) is 33.8 Å². The number of benzene rings is 2. The molecule has 2 aromatic carbocycles. The van der Waals surface area contributed by atoms with Gasteiger partial charge in [-0.05, 0) is 36.3 Å². The van der Waals surface area contributed by atoms with Crippen LogP contribution in [-0.2, 0) is 11.2 Å². The van der Waals surface area contributed by atoms with Crippen molar-refractivity contribution in [3.05, 3.63) is 53.6 Å². The van der Waals surface area contributed by atoms with Crippen LogP contribution >= 0.6 is 0 Å². The summed E-state index contributed by atoms with van der Waals surface area (Å²) in [7, 11) is 4.69. The quantitative estimate of drug-likeness (QED) is 0.626. The van der Waals surface area contributed by atoms with Gasteiger partial charge in [-0.15, -0.1) is 0 Å². The van der Waals surface area contributed by atoms with Crippen molar-refractivity contribution in [3.8, 4) is 17.2 Å². The first kappa shape index (κ1) is 22.6. The van der Waals surface area contributed by atoms with Gasteiger partial charge < -0.3 is 19.5 Å². The van der Waals surface area contributed by atoms with Gasteiger partial charge in [-0.1, -0.05) is 44.2 Å². The maximum atomic E-state index is 12.7. The lowest BCUT2D eigenvalue weighted by Gasteiger charge is -2.30. The average molecular weight is 401 g/mol. The fraction of sp³-hybridized carbons (Fsp3) is 0.435. The van der Waals surface area contributed by atoms with E-state index in [0.29, 0.717) is 23.8 Å². The summed E-state index contributed by atoms with van der Waals surface area (Å²) in [6.07, 6.45) is 0.233. The van der Waals surface area contributed by atoms with E-state index < -0.39 is 0 Å². The first-order valence-electron chi connectivity index (χ1n) is 9.92. The Morgan fingerprint density at radius 2 is 1.55 bits per heavy atom. The number of methoxy groups -OCH3 is 3. The zero-order chi connectivity index (χ0) is 21.2. The summed E-state index contributed by atoms with van der Waals surface area (Å²) in [4.78, 5) is 15.0. The zero-order valence-corrected chi connectivity index (χ0v) is 18.0. The molecule has 0 aromatic heterocycles. The first-order chi connectivity index (χ1) is 14.1. The van der Waals surface area contributed by atoms with Gasteiger partial charge in [0, 0.05) is 6.54 Å². The highest BCUT2D eigenvalue weighted by Crippen LogP contribution is 2.38. The molecule has 6 nitrogen and oxygen atoms in total. The molecule has 1 N–H and O–H groups in total. The Labute approximate surface area is 173 Å². The number of nitrogens with one attached hydrogen (secondary N) is 1. The van der Waals surface area contributed by atoms with E-state index >= 15 is 0 Å². The van der Waals surface area contributed by atoms with Crippen molar-refractivity contribution >= 4 is 5.91 Å². The number of likely N-dealkylation sites (N-methyl/N-ethyl adjacent to an activating group) is 1. The third kappa shape index (κ3) is 5.87. The number of carbonyl (C=O) groups is 1. The van der Waals surface area contributed by atoms with Crippen LogP contribution in [0.1, 0.15) is 31.0 Å². The Morgan fingerprint density at radius 3 is 2.03 bits per heavy atom. The van der Waals surface area contributed by atoms with Crippen molar-refractivity contribution in [2.45, 2.75) is 26.3 Å². The average Bonchev–Trinajstić information content (AvgIpc) is 2.76. The number of carbonyl (C=O) groups excluding carboxylic acids is 1. The second-order valence-electron chi connectivity index (χ2n) is 6.66. The first-order valence-corrected chi connectivity index (χ1v) is 9.92. The van der Waals surface area contributed by atoms with Crippen LogP contribution in [-0.4, -0.2) is 51.8 Å². The molecular formula is C23H32N2O4. The Balaban J connectivity index is 2.11. The van der Waals surface area contributed by atoms with Crippen molar-refractivity contribution in [1.82, 2.24) is 10.2 Å². The zero-order valence-electron chi connectivity index (χ0n) is 18.0. The molecule has 1 atom stereocenters. The van der Waals surface area contributed by atoms with E-state index in [9.17, 15) is 4.79 Å². The molecule has 1 amide bonds. The van der Waals surface area contributed by atoms with Crippen molar-refractivity contribution < 1.29 is 19.0 Å². The van der Waals surface area contributed by atoms with E-state index in [1.54, 1.807) is 33.5 Å². The van der Waals surface area contributed by atoms with Crippen molar-refractivity contribution in [1.29, 1.82) is 0 Å². The van der Waals surface area contributed by atoms with E-state index in [4.69, 9.17) is 14.2 Å². The maximum absolute atomic E-state index is 12.7. The molecule has 2 rings (SSSR count). The summed E-state index contributed by atoms with van der Waals surface area (Å²) >= 11 is 0. The molecule has 0 bridgehead atoms. The van der Waals surface area contributed by atoms with Crippen molar-refractivity contribution in [3.63, 3.8) is 0 Å². The number of hydrogen-bond acceptors (Lipinski definition) is 5. The molecular weight excluding hydrogens is 368 g/mol. The fourth-order valence-electron chi connectivity index (χ4n) is 3.49. The van der Waals surface area contributed by atoms with Gasteiger partial charge in [0.2, 0.25) is 11.7 Å². The number of nitrogens with zero attached hydrogens (tertiary/aromatic N) is 1. The molecule has 1 unspecified atom stereocenters. The highest BCUT2D eigenvalue weighted by Gasteiger charge is 2.19. The van der Waals surface area contributed by atoms with Crippen LogP contribution in [0.5, 0.6) is 17.2 Å². The Morgan fingerprint density at radius 1 is 0.966 bits per heavy atom. The van der Waals surface area contributed by atoms with Crippen LogP contribution in [0.15, 0.2) is 42.5 Å². The second kappa shape index (κ2) is 11.3. The van der Waals surface area contributed by atoms with Crippen LogP contribution in [0.25, 0.3) is 0 Å². The normalized spacial score (nSPS) is 11.8. The van der Waals surface area contributed by atoms with Crippen LogP contribution in [0, 0.1) is 0 Å². The fourth-order valence-corrected chi connectivity index (χ4v) is 3.49. The van der Waals surface area contributed by atoms with Gasteiger partial charge in [-0.3, -0.25) is 9.69 Å². The molecule has 2 aromatic rings. The molecule has 0 saturated carbocycles. The third-order valence-electron chi connectivity index (χ3n) is 5.02. The summed E-state index contributed by atoms with van der Waals surface area (Å²) in [5.41, 5.74) is 2.00. The maximum Gasteiger partial charge on any atom is 0.224 e. The molecule has 0 aliphatic heterocycles. The number of rotatable bonds is 11. The summed E-state index contributed by atoms with van der Waals surface area (Å²) in [5.74, 6) is 1.55. The predicted molar refractivity (Wildman–Crippen MR) is 115 cm³/mol. The smallest absolute Gasteiger partial charge is 0.224 e. The molecule has 6 heteroatoms. The van der Waals surface area contributed by atoms with Gasteiger partial charge in [-0.25, -0.2) is 0 Å². The second-order valence-corrected chi connectivity index (χ2v) is 6.66. The lowest BCUT2D eigenvalue weighted by Crippen LogP contribution is -2.38. The molecule has 0 heterocycles. The molecule has 0 saturated heterocycles. The van der Waals surface area contributed by atoms with Gasteiger partial charge in [0.25, 0.3) is 0 Å². The molecule has 0 spiro atoms. The van der Waals surface area contributed by atoms with Gasteiger partial charge in [-0.2, -0.15) is 0 Å². The summed E-state index contributed by atoms with van der Waals surface area (Å²) < 4.78 is 16.1. The summed E-state index contributed by atoms with van der Waals surface area (Å²) in [5, 5.41) is 3.09. The van der Waals surface area contributed by atoms with E-state index in [1.807, 2.05) is 18.2 Å².